The number of ether oxygens (including phenoxy) is 4. The maximum Gasteiger partial charge on any atom is 0.303 e. The Bertz CT molecular complexity index is 1110. The molecule has 0 saturated carbocycles. The zero-order valence-corrected chi connectivity index (χ0v) is 17.4. The molecular formula is C25H22O7. The van der Waals surface area contributed by atoms with Crippen molar-refractivity contribution in [2.24, 2.45) is 0 Å². The van der Waals surface area contributed by atoms with Gasteiger partial charge in [-0.15, -0.1) is 0 Å². The summed E-state index contributed by atoms with van der Waals surface area (Å²) in [4.78, 5) is 25.1. The molecule has 0 spiro atoms. The predicted octanol–water partition coefficient (Wildman–Crippen LogP) is 3.84. The number of rotatable bonds is 8. The molecule has 0 aromatic heterocycles. The number of benzene rings is 3. The molecule has 32 heavy (non-hydrogen) atoms. The Hall–Kier alpha value is -3.84. The number of esters is 1. The van der Waals surface area contributed by atoms with Crippen LogP contribution in [0.4, 0.5) is 0 Å². The van der Waals surface area contributed by atoms with Crippen molar-refractivity contribution >= 4 is 11.8 Å². The van der Waals surface area contributed by atoms with Crippen molar-refractivity contribution in [2.45, 2.75) is 25.7 Å². The molecule has 4 rings (SSSR count). The Balaban J connectivity index is 1.60. The molecule has 1 aliphatic rings. The minimum atomic E-state index is -1.46. The van der Waals surface area contributed by atoms with Crippen molar-refractivity contribution in [3.05, 3.63) is 89.5 Å². The first-order valence-corrected chi connectivity index (χ1v) is 10.1. The molecule has 1 N–H and O–H groups in total. The van der Waals surface area contributed by atoms with E-state index in [4.69, 9.17) is 18.9 Å². The summed E-state index contributed by atoms with van der Waals surface area (Å²) in [7, 11) is 0. The van der Waals surface area contributed by atoms with E-state index in [1.807, 2.05) is 30.3 Å². The van der Waals surface area contributed by atoms with Crippen molar-refractivity contribution in [3.8, 4) is 17.2 Å². The number of Topliss-reactive ketones (excluding diaryl/α,β-unsaturated/α-hetero) is 1. The number of aliphatic hydroxyl groups excluding tert-OH is 1. The minimum Gasteiger partial charge on any atom is -0.488 e. The van der Waals surface area contributed by atoms with Gasteiger partial charge in [-0.1, -0.05) is 48.5 Å². The van der Waals surface area contributed by atoms with Crippen LogP contribution in [-0.2, 0) is 16.1 Å². The van der Waals surface area contributed by atoms with Gasteiger partial charge >= 0.3 is 5.97 Å². The molecule has 0 amide bonds. The van der Waals surface area contributed by atoms with Crippen molar-refractivity contribution in [3.63, 3.8) is 0 Å². The fourth-order valence-corrected chi connectivity index (χ4v) is 3.40. The van der Waals surface area contributed by atoms with Crippen LogP contribution in [0.3, 0.4) is 0 Å². The summed E-state index contributed by atoms with van der Waals surface area (Å²) in [6, 6.07) is 21.0. The maximum absolute atomic E-state index is 13.4. The molecule has 0 bridgehead atoms. The van der Waals surface area contributed by atoms with Crippen LogP contribution in [0.25, 0.3) is 0 Å². The molecule has 0 aliphatic carbocycles. The first-order valence-electron chi connectivity index (χ1n) is 10.1. The van der Waals surface area contributed by atoms with Crippen LogP contribution in [0.1, 0.15) is 34.5 Å². The fraction of sp³-hybridized carbons (Fsp3) is 0.200. The van der Waals surface area contributed by atoms with Crippen LogP contribution >= 0.6 is 0 Å². The number of carbonyl (C=O) groups is 2. The topological polar surface area (TPSA) is 91.3 Å². The molecule has 1 aliphatic heterocycles. The van der Waals surface area contributed by atoms with Crippen molar-refractivity contribution in [1.29, 1.82) is 0 Å². The smallest absolute Gasteiger partial charge is 0.303 e. The van der Waals surface area contributed by atoms with Gasteiger partial charge in [0.2, 0.25) is 12.6 Å². The normalized spacial score (nSPS) is 13.8. The van der Waals surface area contributed by atoms with Crippen LogP contribution < -0.4 is 14.2 Å². The molecule has 7 heteroatoms. The standard InChI is InChI=1S/C25H22O7/c1-16(26)32-25(23(27)18-11-12-21-22(13-18)31-15-30-21)24(28)19-9-5-6-10-20(19)29-14-17-7-3-2-4-8-17/h2-13,23,25,27H,14-15H2,1H3. The van der Waals surface area contributed by atoms with Gasteiger partial charge in [0, 0.05) is 6.92 Å². The molecule has 3 aromatic rings. The van der Waals surface area contributed by atoms with Gasteiger partial charge in [-0.3, -0.25) is 9.59 Å². The van der Waals surface area contributed by atoms with E-state index in [2.05, 4.69) is 0 Å². The molecule has 3 aromatic carbocycles. The first kappa shape index (κ1) is 21.4. The lowest BCUT2D eigenvalue weighted by Gasteiger charge is -2.23. The van der Waals surface area contributed by atoms with Gasteiger partial charge in [0.15, 0.2) is 17.6 Å². The van der Waals surface area contributed by atoms with Crippen LogP contribution in [0.5, 0.6) is 17.2 Å². The number of ketones is 1. The van der Waals surface area contributed by atoms with Gasteiger partial charge < -0.3 is 24.1 Å². The fourth-order valence-electron chi connectivity index (χ4n) is 3.40. The summed E-state index contributed by atoms with van der Waals surface area (Å²) in [5.41, 5.74) is 1.50. The van der Waals surface area contributed by atoms with Crippen molar-refractivity contribution < 1.29 is 33.6 Å². The zero-order valence-electron chi connectivity index (χ0n) is 17.4. The van der Waals surface area contributed by atoms with Crippen LogP contribution in [0.15, 0.2) is 72.8 Å². The van der Waals surface area contributed by atoms with Gasteiger partial charge in [-0.25, -0.2) is 0 Å². The molecule has 2 atom stereocenters. The SMILES string of the molecule is CC(=O)OC(C(=O)c1ccccc1OCc1ccccc1)C(O)c1ccc2c(c1)OCO2. The Kier molecular flexibility index (Phi) is 6.37. The number of fused-ring (bicyclic) bond motifs is 1. The number of hydrogen-bond donors (Lipinski definition) is 1. The predicted molar refractivity (Wildman–Crippen MR) is 115 cm³/mol. The Labute approximate surface area is 185 Å². The lowest BCUT2D eigenvalue weighted by atomic mass is 9.96. The summed E-state index contributed by atoms with van der Waals surface area (Å²) in [6.07, 6.45) is -2.88. The summed E-state index contributed by atoms with van der Waals surface area (Å²) in [6.45, 7) is 1.52. The van der Waals surface area contributed by atoms with Crippen LogP contribution in [0, 0.1) is 0 Å². The largest absolute Gasteiger partial charge is 0.488 e. The van der Waals surface area contributed by atoms with E-state index in [1.165, 1.54) is 6.92 Å². The molecule has 0 fully saturated rings. The lowest BCUT2D eigenvalue weighted by molar-refractivity contribution is -0.149. The number of hydrogen-bond acceptors (Lipinski definition) is 7. The minimum absolute atomic E-state index is 0.0767. The van der Waals surface area contributed by atoms with Gasteiger partial charge in [-0.05, 0) is 35.4 Å². The zero-order chi connectivity index (χ0) is 22.5. The Morgan fingerprint density at radius 2 is 1.69 bits per heavy atom. The number of aliphatic hydroxyl groups is 1. The van der Waals surface area contributed by atoms with E-state index >= 15 is 0 Å². The molecule has 0 radical (unpaired) electrons. The molecule has 1 heterocycles. The lowest BCUT2D eigenvalue weighted by Crippen LogP contribution is -2.33. The molecule has 2 unspecified atom stereocenters. The molecule has 7 nitrogen and oxygen atoms in total. The Morgan fingerprint density at radius 1 is 0.969 bits per heavy atom. The third kappa shape index (κ3) is 4.73. The van der Waals surface area contributed by atoms with Gasteiger partial charge in [0.05, 0.1) is 5.56 Å². The average molecular weight is 434 g/mol. The highest BCUT2D eigenvalue weighted by atomic mass is 16.7. The van der Waals surface area contributed by atoms with Crippen LogP contribution in [-0.4, -0.2) is 29.8 Å². The molecular weight excluding hydrogens is 412 g/mol. The quantitative estimate of drug-likeness (QED) is 0.425. The second kappa shape index (κ2) is 9.53. The molecule has 164 valence electrons. The Morgan fingerprint density at radius 3 is 2.47 bits per heavy atom. The summed E-state index contributed by atoms with van der Waals surface area (Å²) in [5, 5.41) is 11.0. The van der Waals surface area contributed by atoms with Crippen LogP contribution in [0.2, 0.25) is 0 Å². The highest BCUT2D eigenvalue weighted by molar-refractivity contribution is 6.03. The van der Waals surface area contributed by atoms with Gasteiger partial charge in [-0.2, -0.15) is 0 Å². The van der Waals surface area contributed by atoms with E-state index in [1.54, 1.807) is 42.5 Å². The summed E-state index contributed by atoms with van der Waals surface area (Å²) < 4.78 is 21.7. The number of carbonyl (C=O) groups excluding carboxylic acids is 2. The highest BCUT2D eigenvalue weighted by Crippen LogP contribution is 2.36. The highest BCUT2D eigenvalue weighted by Gasteiger charge is 2.34. The second-order valence-corrected chi connectivity index (χ2v) is 7.22. The van der Waals surface area contributed by atoms with E-state index in [0.29, 0.717) is 22.8 Å². The van der Waals surface area contributed by atoms with E-state index in [0.717, 1.165) is 5.56 Å². The second-order valence-electron chi connectivity index (χ2n) is 7.22. The third-order valence-electron chi connectivity index (χ3n) is 4.97. The summed E-state index contributed by atoms with van der Waals surface area (Å²) >= 11 is 0. The maximum atomic E-state index is 13.4. The van der Waals surface area contributed by atoms with Gasteiger partial charge in [0.1, 0.15) is 18.5 Å². The van der Waals surface area contributed by atoms with Crippen molar-refractivity contribution in [1.82, 2.24) is 0 Å². The number of para-hydroxylation sites is 1. The van der Waals surface area contributed by atoms with E-state index < -0.39 is 24.0 Å². The first-order chi connectivity index (χ1) is 15.5. The van der Waals surface area contributed by atoms with E-state index in [-0.39, 0.29) is 19.0 Å². The van der Waals surface area contributed by atoms with E-state index in [9.17, 15) is 14.7 Å². The third-order valence-corrected chi connectivity index (χ3v) is 4.97. The molecule has 0 saturated heterocycles. The van der Waals surface area contributed by atoms with Gasteiger partial charge in [0.25, 0.3) is 0 Å². The monoisotopic (exact) mass is 434 g/mol. The van der Waals surface area contributed by atoms with Crippen molar-refractivity contribution in [2.75, 3.05) is 6.79 Å². The average Bonchev–Trinajstić information content (AvgIpc) is 3.29. The summed E-state index contributed by atoms with van der Waals surface area (Å²) in [5.74, 6) is 0.0504.